The quantitative estimate of drug-likeness (QED) is 0.865. The second-order valence-electron chi connectivity index (χ2n) is 3.76. The van der Waals surface area contributed by atoms with Crippen molar-refractivity contribution in [3.8, 4) is 5.75 Å². The van der Waals surface area contributed by atoms with Crippen molar-refractivity contribution in [1.82, 2.24) is 0 Å². The number of aliphatic hydroxyl groups excluding tert-OH is 1. The first kappa shape index (κ1) is 10.7. The molecule has 1 aliphatic rings. The number of rotatable bonds is 3. The topological polar surface area (TPSA) is 29.5 Å². The summed E-state index contributed by atoms with van der Waals surface area (Å²) < 4.78 is 18.9. The largest absolute Gasteiger partial charge is 0.496 e. The summed E-state index contributed by atoms with van der Waals surface area (Å²) in [6, 6.07) is 3.14. The highest BCUT2D eigenvalue weighted by atomic mass is 35.5. The fourth-order valence-corrected chi connectivity index (χ4v) is 2.04. The molecule has 1 aromatic carbocycles. The summed E-state index contributed by atoms with van der Waals surface area (Å²) in [6.45, 7) is 0.0831. The van der Waals surface area contributed by atoms with E-state index in [0.29, 0.717) is 11.3 Å². The van der Waals surface area contributed by atoms with E-state index in [4.69, 9.17) is 21.4 Å². The van der Waals surface area contributed by atoms with Crippen molar-refractivity contribution in [2.45, 2.75) is 12.3 Å². The first-order valence-electron chi connectivity index (χ1n) is 4.81. The first-order chi connectivity index (χ1) is 7.19. The minimum absolute atomic E-state index is 0.0450. The van der Waals surface area contributed by atoms with Crippen molar-refractivity contribution < 1.29 is 14.2 Å². The monoisotopic (exact) mass is 230 g/mol. The highest BCUT2D eigenvalue weighted by molar-refractivity contribution is 6.30. The van der Waals surface area contributed by atoms with E-state index in [1.807, 2.05) is 0 Å². The van der Waals surface area contributed by atoms with Gasteiger partial charge >= 0.3 is 0 Å². The van der Waals surface area contributed by atoms with Gasteiger partial charge in [-0.3, -0.25) is 0 Å². The number of aliphatic hydroxyl groups is 1. The van der Waals surface area contributed by atoms with Gasteiger partial charge in [0.1, 0.15) is 11.6 Å². The van der Waals surface area contributed by atoms with Crippen LogP contribution in [0.1, 0.15) is 17.9 Å². The van der Waals surface area contributed by atoms with Crippen LogP contribution in [-0.2, 0) is 0 Å². The highest BCUT2D eigenvalue weighted by Gasteiger charge is 2.41. The Hall–Kier alpha value is -0.800. The summed E-state index contributed by atoms with van der Waals surface area (Å²) in [6.07, 6.45) is 0.796. The predicted octanol–water partition coefficient (Wildman–Crippen LogP) is 2.58. The standard InChI is InChI=1S/C11H12ClFO2/c1-15-9-3-2-8(12)11(13)10(9)7-4-6(7)5-14/h2-3,6-7,14H,4-5H2,1H3. The molecule has 2 atom stereocenters. The normalized spacial score (nSPS) is 24.0. The molecular formula is C11H12ClFO2. The smallest absolute Gasteiger partial charge is 0.148 e. The number of benzene rings is 1. The summed E-state index contributed by atoms with van der Waals surface area (Å²) >= 11 is 5.71. The lowest BCUT2D eigenvalue weighted by Gasteiger charge is -2.10. The first-order valence-corrected chi connectivity index (χ1v) is 5.19. The lowest BCUT2D eigenvalue weighted by Crippen LogP contribution is -1.97. The Labute approximate surface area is 92.6 Å². The Morgan fingerprint density at radius 1 is 1.60 bits per heavy atom. The third-order valence-corrected chi connectivity index (χ3v) is 3.13. The van der Waals surface area contributed by atoms with E-state index >= 15 is 0 Å². The van der Waals surface area contributed by atoms with Crippen LogP contribution < -0.4 is 4.74 Å². The van der Waals surface area contributed by atoms with Gasteiger partial charge in [0, 0.05) is 12.2 Å². The van der Waals surface area contributed by atoms with Crippen molar-refractivity contribution in [2.75, 3.05) is 13.7 Å². The van der Waals surface area contributed by atoms with Gasteiger partial charge in [-0.15, -0.1) is 0 Å². The lowest BCUT2D eigenvalue weighted by molar-refractivity contribution is 0.273. The second kappa shape index (κ2) is 3.99. The van der Waals surface area contributed by atoms with Gasteiger partial charge in [-0.2, -0.15) is 0 Å². The molecular weight excluding hydrogens is 219 g/mol. The second-order valence-corrected chi connectivity index (χ2v) is 4.17. The Balaban J connectivity index is 2.39. The Morgan fingerprint density at radius 3 is 2.87 bits per heavy atom. The summed E-state index contributed by atoms with van der Waals surface area (Å²) in [5.41, 5.74) is 0.504. The van der Waals surface area contributed by atoms with E-state index in [1.165, 1.54) is 13.2 Å². The number of methoxy groups -OCH3 is 1. The van der Waals surface area contributed by atoms with Crippen LogP contribution in [0.2, 0.25) is 5.02 Å². The molecule has 0 bridgehead atoms. The van der Waals surface area contributed by atoms with Crippen molar-refractivity contribution >= 4 is 11.6 Å². The maximum Gasteiger partial charge on any atom is 0.148 e. The van der Waals surface area contributed by atoms with Crippen molar-refractivity contribution in [3.63, 3.8) is 0 Å². The highest BCUT2D eigenvalue weighted by Crippen LogP contribution is 2.51. The van der Waals surface area contributed by atoms with Crippen LogP contribution in [0.25, 0.3) is 0 Å². The molecule has 0 aliphatic heterocycles. The summed E-state index contributed by atoms with van der Waals surface area (Å²) in [4.78, 5) is 0. The average molecular weight is 231 g/mol. The van der Waals surface area contributed by atoms with E-state index in [1.54, 1.807) is 6.07 Å². The summed E-state index contributed by atoms with van der Waals surface area (Å²) in [5, 5.41) is 9.07. The molecule has 1 saturated carbocycles. The Kier molecular flexibility index (Phi) is 2.85. The van der Waals surface area contributed by atoms with Crippen LogP contribution in [0.4, 0.5) is 4.39 Å². The maximum atomic E-state index is 13.8. The molecule has 0 radical (unpaired) electrons. The van der Waals surface area contributed by atoms with Crippen LogP contribution in [0.15, 0.2) is 12.1 Å². The zero-order chi connectivity index (χ0) is 11.0. The molecule has 0 amide bonds. The fourth-order valence-electron chi connectivity index (χ4n) is 1.88. The molecule has 2 unspecified atom stereocenters. The zero-order valence-electron chi connectivity index (χ0n) is 8.34. The van der Waals surface area contributed by atoms with Crippen LogP contribution in [0.5, 0.6) is 5.75 Å². The Morgan fingerprint density at radius 2 is 2.33 bits per heavy atom. The van der Waals surface area contributed by atoms with E-state index in [2.05, 4.69) is 0 Å². The lowest BCUT2D eigenvalue weighted by atomic mass is 10.1. The van der Waals surface area contributed by atoms with E-state index < -0.39 is 5.82 Å². The van der Waals surface area contributed by atoms with Gasteiger partial charge in [-0.1, -0.05) is 11.6 Å². The van der Waals surface area contributed by atoms with Crippen molar-refractivity contribution in [1.29, 1.82) is 0 Å². The molecule has 0 saturated heterocycles. The molecule has 1 fully saturated rings. The Bertz CT molecular complexity index is 381. The molecule has 15 heavy (non-hydrogen) atoms. The summed E-state index contributed by atoms with van der Waals surface area (Å²) in [7, 11) is 1.50. The fraction of sp³-hybridized carbons (Fsp3) is 0.455. The number of halogens is 2. The number of hydrogen-bond donors (Lipinski definition) is 1. The van der Waals surface area contributed by atoms with Gasteiger partial charge in [0.05, 0.1) is 12.1 Å². The van der Waals surface area contributed by atoms with E-state index in [-0.39, 0.29) is 23.5 Å². The average Bonchev–Trinajstić information content (AvgIpc) is 3.00. The molecule has 2 nitrogen and oxygen atoms in total. The molecule has 1 aliphatic carbocycles. The van der Waals surface area contributed by atoms with Gasteiger partial charge < -0.3 is 9.84 Å². The van der Waals surface area contributed by atoms with Crippen LogP contribution in [0.3, 0.4) is 0 Å². The molecule has 4 heteroatoms. The minimum Gasteiger partial charge on any atom is -0.496 e. The zero-order valence-corrected chi connectivity index (χ0v) is 9.09. The maximum absolute atomic E-state index is 13.8. The summed E-state index contributed by atoms with van der Waals surface area (Å²) in [5.74, 6) is 0.283. The molecule has 1 aromatic rings. The van der Waals surface area contributed by atoms with E-state index in [0.717, 1.165) is 6.42 Å². The molecule has 0 spiro atoms. The third kappa shape index (κ3) is 1.82. The number of ether oxygens (including phenoxy) is 1. The van der Waals surface area contributed by atoms with E-state index in [9.17, 15) is 4.39 Å². The minimum atomic E-state index is -0.419. The molecule has 1 N–H and O–H groups in total. The SMILES string of the molecule is COc1ccc(Cl)c(F)c1C1CC1CO. The van der Waals surface area contributed by atoms with Gasteiger partial charge in [-0.05, 0) is 30.4 Å². The third-order valence-electron chi connectivity index (χ3n) is 2.84. The van der Waals surface area contributed by atoms with Crippen LogP contribution in [-0.4, -0.2) is 18.8 Å². The van der Waals surface area contributed by atoms with Crippen LogP contribution in [0, 0.1) is 11.7 Å². The van der Waals surface area contributed by atoms with Crippen molar-refractivity contribution in [2.24, 2.45) is 5.92 Å². The van der Waals surface area contributed by atoms with Gasteiger partial charge in [0.25, 0.3) is 0 Å². The van der Waals surface area contributed by atoms with Gasteiger partial charge in [0.2, 0.25) is 0 Å². The van der Waals surface area contributed by atoms with Crippen LogP contribution >= 0.6 is 11.6 Å². The number of hydrogen-bond acceptors (Lipinski definition) is 2. The molecule has 0 heterocycles. The molecule has 82 valence electrons. The predicted molar refractivity (Wildman–Crippen MR) is 55.9 cm³/mol. The molecule has 0 aromatic heterocycles. The molecule has 2 rings (SSSR count). The van der Waals surface area contributed by atoms with Crippen molar-refractivity contribution in [3.05, 3.63) is 28.5 Å². The van der Waals surface area contributed by atoms with Gasteiger partial charge in [0.15, 0.2) is 0 Å². The van der Waals surface area contributed by atoms with Gasteiger partial charge in [-0.25, -0.2) is 4.39 Å².